The predicted molar refractivity (Wildman–Crippen MR) is 555 cm³/mol. The van der Waals surface area contributed by atoms with Gasteiger partial charge in [0.1, 0.15) is 79.9 Å². The number of unbranched alkanes of at least 4 members (excludes halogenated alkanes) is 1. The Balaban J connectivity index is 0.000000135. The van der Waals surface area contributed by atoms with E-state index in [-0.39, 0.29) is 41.6 Å². The summed E-state index contributed by atoms with van der Waals surface area (Å²) in [6.45, 7) is 27.2. The predicted octanol–water partition coefficient (Wildman–Crippen LogP) is 24.0. The number of aromatic nitrogens is 15. The van der Waals surface area contributed by atoms with Crippen LogP contribution in [0.15, 0.2) is 201 Å². The summed E-state index contributed by atoms with van der Waals surface area (Å²) in [5.74, 6) is 4.32. The molecular weight excluding hydrogens is 1830 g/mol. The van der Waals surface area contributed by atoms with Crippen molar-refractivity contribution in [1.29, 1.82) is 0 Å². The van der Waals surface area contributed by atoms with E-state index in [0.717, 1.165) is 186 Å². The van der Waals surface area contributed by atoms with E-state index in [1.54, 1.807) is 81.0 Å². The van der Waals surface area contributed by atoms with Crippen LogP contribution < -0.4 is 4.74 Å². The number of ether oxygens (including phenoxy) is 1. The van der Waals surface area contributed by atoms with Gasteiger partial charge >= 0.3 is 0 Å². The van der Waals surface area contributed by atoms with Gasteiger partial charge < -0.3 is 52.1 Å². The molecule has 0 saturated heterocycles. The standard InChI is InChI=1S/C25H32N4O2.C24H29FN4O.C23H27ClN4O.C22H28N4O.C19H18F2N4O/c1-18(2)14-16-28(25(30)20-11-6-7-13-22(20)31-3)17-23-27-21-12-8-15-26-24(21)29(23)19-9-4-5-10-19;1-3-4-14-28(24(30)18-12-11-17(2)20(25)15-18)16-22-27-21-10-7-13-26-23(21)29(22)19-8-5-6-9-19;1-16(2)14-27(23(29)17-9-11-18(24)12-10-17)15-21-26-20-8-5-13-25-22(20)28(21)19-6-3-4-7-19;1-5-13-26-20(24-19-7-6-12-23-21(19)26)15-25(14-16(2)3)22(27)18-10-8-17(4)9-11-18;1-24(19(26)14-9-13(20)6-7-15(14)21)11-17-23-16-3-2-8-22-18(16)25(17)10-12-4-5-12/h6-8,11-13,15,18-19H,4-5,9-10,14,16-17H2,1-3H3;7,10-13,15,19H,3-6,8-9,14,16H2,1-2H3;5,8-13,16,19H,3-4,6-7,14-15H2,1-2H3;6-12,16H,5,13-15H2,1-4H3;2-3,6-9,12H,4-5,10-11H2,1H3. The van der Waals surface area contributed by atoms with E-state index in [0.29, 0.717) is 133 Å². The normalized spacial score (nSPS) is 13.8. The van der Waals surface area contributed by atoms with Crippen LogP contribution in [0.4, 0.5) is 13.2 Å². The molecule has 5 amide bonds. The number of fused-ring (bicyclic) bond motifs is 5. The molecule has 0 bridgehead atoms. The first-order valence-corrected chi connectivity index (χ1v) is 51.2. The number of halogens is 4. The first-order valence-electron chi connectivity index (χ1n) is 50.9. The number of methoxy groups -OCH3 is 1. The zero-order valence-electron chi connectivity index (χ0n) is 84.5. The number of carbonyl (C=O) groups is 5. The molecule has 4 aliphatic rings. The lowest BCUT2D eigenvalue weighted by atomic mass is 10.1. The molecule has 5 aromatic carbocycles. The summed E-state index contributed by atoms with van der Waals surface area (Å²) in [4.78, 5) is 121. The topological polar surface area (TPSA) is 264 Å². The number of nitrogens with zero attached hydrogens (tertiary/aromatic N) is 20. The second-order valence-corrected chi connectivity index (χ2v) is 39.9. The quantitative estimate of drug-likeness (QED) is 0.0370. The maximum atomic E-state index is 14.1. The highest BCUT2D eigenvalue weighted by Gasteiger charge is 2.34. The van der Waals surface area contributed by atoms with Crippen molar-refractivity contribution in [3.05, 3.63) is 291 Å². The van der Waals surface area contributed by atoms with Crippen molar-refractivity contribution < 1.29 is 41.9 Å². The molecule has 19 rings (SSSR count). The van der Waals surface area contributed by atoms with E-state index in [2.05, 4.69) is 104 Å². The minimum atomic E-state index is -0.739. The van der Waals surface area contributed by atoms with Gasteiger partial charge in [0.25, 0.3) is 29.5 Å². The number of pyridine rings is 5. The van der Waals surface area contributed by atoms with Crippen molar-refractivity contribution in [2.45, 2.75) is 249 Å². The largest absolute Gasteiger partial charge is 0.496 e. The Labute approximate surface area is 841 Å². The summed E-state index contributed by atoms with van der Waals surface area (Å²) < 4.78 is 57.8. The van der Waals surface area contributed by atoms with Crippen molar-refractivity contribution >= 4 is 97.0 Å². The van der Waals surface area contributed by atoms with Crippen molar-refractivity contribution in [3.8, 4) is 5.75 Å². The smallest absolute Gasteiger partial charge is 0.258 e. The van der Waals surface area contributed by atoms with E-state index in [4.69, 9.17) is 36.3 Å². The average molecular weight is 1960 g/mol. The molecular formula is C113H134ClF3N20O6. The summed E-state index contributed by atoms with van der Waals surface area (Å²) in [5.41, 5.74) is 12.5. The summed E-state index contributed by atoms with van der Waals surface area (Å²) in [6, 6.07) is 50.4. The van der Waals surface area contributed by atoms with Crippen LogP contribution in [-0.2, 0) is 45.8 Å². The summed E-state index contributed by atoms with van der Waals surface area (Å²) in [5, 5.41) is 0.631. The van der Waals surface area contributed by atoms with E-state index >= 15 is 0 Å². The van der Waals surface area contributed by atoms with Crippen molar-refractivity contribution in [3.63, 3.8) is 0 Å². The zero-order chi connectivity index (χ0) is 101. The second kappa shape index (κ2) is 48.9. The van der Waals surface area contributed by atoms with Gasteiger partial charge in [0, 0.05) is 117 Å². The van der Waals surface area contributed by atoms with Gasteiger partial charge in [0.15, 0.2) is 28.2 Å². The van der Waals surface area contributed by atoms with Gasteiger partial charge in [-0.15, -0.1) is 0 Å². The van der Waals surface area contributed by atoms with Crippen LogP contribution in [0, 0.1) is 55.0 Å². The maximum Gasteiger partial charge on any atom is 0.258 e. The minimum Gasteiger partial charge on any atom is -0.496 e. The molecule has 4 aliphatic carbocycles. The van der Waals surface area contributed by atoms with E-state index in [1.165, 1.54) is 62.3 Å². The number of aryl methyl sites for hydroxylation is 3. The third-order valence-corrected chi connectivity index (χ3v) is 27.1. The van der Waals surface area contributed by atoms with Gasteiger partial charge in [-0.2, -0.15) is 0 Å². The number of amides is 5. The fraction of sp³-hybridized carbons (Fsp3) is 0.425. The lowest BCUT2D eigenvalue weighted by Gasteiger charge is -2.26. The molecule has 143 heavy (non-hydrogen) atoms. The van der Waals surface area contributed by atoms with Crippen molar-refractivity contribution in [1.82, 2.24) is 97.2 Å². The Kier molecular flexibility index (Phi) is 35.5. The molecule has 750 valence electrons. The van der Waals surface area contributed by atoms with E-state index in [9.17, 15) is 37.1 Å². The summed E-state index contributed by atoms with van der Waals surface area (Å²) >= 11 is 6.00. The van der Waals surface area contributed by atoms with Gasteiger partial charge in [-0.3, -0.25) is 24.0 Å². The van der Waals surface area contributed by atoms with Crippen LogP contribution >= 0.6 is 11.6 Å². The number of imidazole rings is 5. The zero-order valence-corrected chi connectivity index (χ0v) is 85.3. The van der Waals surface area contributed by atoms with E-state index < -0.39 is 17.5 Å². The summed E-state index contributed by atoms with van der Waals surface area (Å²) in [7, 11) is 3.16. The summed E-state index contributed by atoms with van der Waals surface area (Å²) in [6.07, 6.45) is 29.2. The van der Waals surface area contributed by atoms with Gasteiger partial charge in [-0.05, 0) is 253 Å². The molecule has 4 fully saturated rings. The third kappa shape index (κ3) is 26.1. The molecule has 10 aromatic heterocycles. The highest BCUT2D eigenvalue weighted by molar-refractivity contribution is 6.30. The van der Waals surface area contributed by atoms with Gasteiger partial charge in [0.2, 0.25) is 0 Å². The third-order valence-electron chi connectivity index (χ3n) is 26.8. The molecule has 10 heterocycles. The van der Waals surface area contributed by atoms with Crippen LogP contribution in [0.5, 0.6) is 5.75 Å². The van der Waals surface area contributed by atoms with Crippen molar-refractivity contribution in [2.75, 3.05) is 40.3 Å². The Morgan fingerprint density at radius 1 is 0.413 bits per heavy atom. The molecule has 0 atom stereocenters. The lowest BCUT2D eigenvalue weighted by Crippen LogP contribution is -2.35. The van der Waals surface area contributed by atoms with E-state index in [1.807, 2.05) is 148 Å². The van der Waals surface area contributed by atoms with Crippen LogP contribution in [0.1, 0.15) is 281 Å². The monoisotopic (exact) mass is 1960 g/mol. The van der Waals surface area contributed by atoms with Crippen LogP contribution in [-0.4, -0.2) is 167 Å². The first-order chi connectivity index (χ1) is 69.2. The van der Waals surface area contributed by atoms with Gasteiger partial charge in [-0.25, -0.2) is 63.0 Å². The molecule has 0 N–H and O–H groups in total. The van der Waals surface area contributed by atoms with Gasteiger partial charge in [0.05, 0.1) is 51.0 Å². The Hall–Kier alpha value is -13.6. The second-order valence-electron chi connectivity index (χ2n) is 39.5. The number of para-hydroxylation sites is 1. The van der Waals surface area contributed by atoms with Crippen molar-refractivity contribution in [2.24, 2.45) is 23.7 Å². The van der Waals surface area contributed by atoms with Crippen LogP contribution in [0.25, 0.3) is 55.8 Å². The Morgan fingerprint density at radius 3 is 1.29 bits per heavy atom. The Bertz CT molecular complexity index is 6850. The fourth-order valence-electron chi connectivity index (χ4n) is 19.3. The van der Waals surface area contributed by atoms with Crippen LogP contribution in [0.3, 0.4) is 0 Å². The molecule has 30 heteroatoms. The van der Waals surface area contributed by atoms with Gasteiger partial charge in [-0.1, -0.05) is 148 Å². The molecule has 0 spiro atoms. The average Bonchev–Trinajstić information content (AvgIpc) is 1.64. The fourth-order valence-corrected chi connectivity index (χ4v) is 19.5. The maximum absolute atomic E-state index is 14.1. The SMILES string of the molecule is CC(C)CN(Cc1nc2cccnc2n1C1CCCC1)C(=O)c1ccc(Cl)cc1.CCCCN(Cc1nc2cccnc2n1C1CCCC1)C(=O)c1ccc(C)c(F)c1.CCCn1c(CN(CC(C)C)C(=O)c2ccc(C)cc2)nc2cccnc21.CN(Cc1nc2cccnc2n1CC1CC1)C(=O)c1cc(F)ccc1F.COc1ccccc1C(=O)N(CCC(C)C)Cc1nc2cccnc2n1C1CCCC1. The number of hydrogen-bond donors (Lipinski definition) is 0. The number of benzene rings is 5. The molecule has 26 nitrogen and oxygen atoms in total. The number of rotatable bonds is 33. The highest BCUT2D eigenvalue weighted by atomic mass is 35.5. The first kappa shape index (κ1) is 104. The molecule has 0 unspecified atom stereocenters. The minimum absolute atomic E-state index is 0.00774. The molecule has 4 saturated carbocycles. The number of carbonyl (C=O) groups excluding carboxylic acids is 5. The Morgan fingerprint density at radius 2 is 0.832 bits per heavy atom. The highest BCUT2D eigenvalue weighted by Crippen LogP contribution is 2.39. The molecule has 0 radical (unpaired) electrons. The van der Waals surface area contributed by atoms with Crippen LogP contribution in [0.2, 0.25) is 5.02 Å². The number of hydrogen-bond acceptors (Lipinski definition) is 16. The molecule has 15 aromatic rings. The molecule has 0 aliphatic heterocycles. The lowest BCUT2D eigenvalue weighted by molar-refractivity contribution is 0.0709.